The molecule has 0 unspecified atom stereocenters. The Kier molecular flexibility index (Phi) is 31.9. The molecule has 0 heterocycles. The third kappa shape index (κ3) is 30.9. The number of rotatable bonds is 12. The number of carbonyl (C=O) groups is 3. The van der Waals surface area contributed by atoms with Crippen LogP contribution in [-0.2, 0) is 53.4 Å². The topological polar surface area (TPSA) is 172 Å². The van der Waals surface area contributed by atoms with Crippen molar-refractivity contribution in [2.75, 3.05) is 0 Å². The van der Waals surface area contributed by atoms with Gasteiger partial charge in [0.2, 0.25) is 0 Å². The maximum absolute atomic E-state index is 11.5. The summed E-state index contributed by atoms with van der Waals surface area (Å²) >= 11 is 0. The predicted molar refractivity (Wildman–Crippen MR) is 216 cm³/mol. The summed E-state index contributed by atoms with van der Waals surface area (Å²) in [5.41, 5.74) is 22.3. The summed E-state index contributed by atoms with van der Waals surface area (Å²) < 4.78 is 10.3. The summed E-state index contributed by atoms with van der Waals surface area (Å²) in [6, 6.07) is 24.2. The summed E-state index contributed by atoms with van der Waals surface area (Å²) in [5, 5.41) is 5.47. The summed E-state index contributed by atoms with van der Waals surface area (Å²) in [7, 11) is 0. The Labute approximate surface area is 345 Å². The van der Waals surface area contributed by atoms with Crippen molar-refractivity contribution in [2.24, 2.45) is 17.2 Å². The summed E-state index contributed by atoms with van der Waals surface area (Å²) in [4.78, 5) is 32.1. The van der Waals surface area contributed by atoms with Crippen molar-refractivity contribution in [1.82, 2.24) is 10.6 Å². The normalized spacial score (nSPS) is 10.1. The van der Waals surface area contributed by atoms with Crippen molar-refractivity contribution in [3.8, 4) is 0 Å². The first-order valence-corrected chi connectivity index (χ1v) is 17.8. The number of carbonyl (C=O) groups excluding carboxylic acids is 3. The van der Waals surface area contributed by atoms with Crippen molar-refractivity contribution in [1.29, 1.82) is 0 Å². The van der Waals surface area contributed by atoms with E-state index in [0.29, 0.717) is 39.1 Å². The van der Waals surface area contributed by atoms with Crippen molar-refractivity contribution < 1.29 is 54.8 Å². The minimum atomic E-state index is -0.465. The molecule has 0 aliphatic heterocycles. The number of amides is 2. The Morgan fingerprint density at radius 1 is 0.604 bits per heavy atom. The quantitative estimate of drug-likeness (QED) is 0.102. The van der Waals surface area contributed by atoms with Gasteiger partial charge in [-0.05, 0) is 87.8 Å². The molecule has 3 aromatic carbocycles. The number of aldehydes is 1. The second-order valence-corrected chi connectivity index (χ2v) is 13.8. The van der Waals surface area contributed by atoms with Crippen LogP contribution in [-0.4, -0.2) is 38.1 Å². The molecule has 8 N–H and O–H groups in total. The summed E-state index contributed by atoms with van der Waals surface area (Å²) in [6.07, 6.45) is 5.64. The van der Waals surface area contributed by atoms with Gasteiger partial charge in [0, 0.05) is 47.6 Å². The third-order valence-corrected chi connectivity index (χ3v) is 6.68. The van der Waals surface area contributed by atoms with E-state index in [4.69, 9.17) is 26.7 Å². The molecule has 0 spiro atoms. The molecule has 0 fully saturated rings. The van der Waals surface area contributed by atoms with Crippen LogP contribution in [0.2, 0.25) is 0 Å². The zero-order chi connectivity index (χ0) is 38.7. The van der Waals surface area contributed by atoms with Crippen LogP contribution in [0, 0.1) is 0 Å². The molecule has 0 aliphatic carbocycles. The average Bonchev–Trinajstić information content (AvgIpc) is 3.10. The monoisotopic (exact) mass is 743 g/mol. The molecule has 0 atom stereocenters. The molecule has 3 radical (unpaired) electrons. The van der Waals surface area contributed by atoms with Gasteiger partial charge in [0.15, 0.2) is 0 Å². The van der Waals surface area contributed by atoms with E-state index in [1.165, 1.54) is 24.8 Å². The fourth-order valence-electron chi connectivity index (χ4n) is 3.98. The Hall–Kier alpha value is -3.19. The van der Waals surface area contributed by atoms with Gasteiger partial charge >= 0.3 is 41.7 Å². The molecule has 0 saturated carbocycles. The van der Waals surface area contributed by atoms with E-state index < -0.39 is 17.3 Å². The molecule has 0 saturated heterocycles. The smallest absolute Gasteiger partial charge is 1.00 e. The standard InChI is InChI=1S/C17H27NO2.C13H20N2O2.C8H12N2.C3H6O.B.Na.H/c1-5-6-7-8-14-9-11-15(12-10-14)13-18-16(19)20-17(2,3)4;1-13(2,3)17-12(16)15-9-11-6-4-10(8-14)5-7-11;9-5-7-1-2-8(6-10)4-3-7;1-2-3-4;;;/h9-12H,5-8,13H2,1-4H3,(H,18,19);4-7H,8-9,14H2,1-3H3,(H,15,16);1-4H,5-6,9-10H2;3H,2H2,1H3;;;/q;;;;;+1;-1. The van der Waals surface area contributed by atoms with Gasteiger partial charge in [-0.1, -0.05) is 99.5 Å². The van der Waals surface area contributed by atoms with Crippen LogP contribution in [0.4, 0.5) is 9.59 Å². The van der Waals surface area contributed by atoms with Gasteiger partial charge in [-0.2, -0.15) is 0 Å². The number of hydrogen-bond donors (Lipinski definition) is 5. The second kappa shape index (κ2) is 31.2. The molecule has 53 heavy (non-hydrogen) atoms. The SMILES string of the molecule is CC(C)(C)OC(=O)NCc1ccc(CN)cc1.CCC=O.CCCCCc1ccc(CNC(=O)OC(C)(C)C)cc1.NCc1ccc(CN)cc1.[B].[H-].[Na+]. The van der Waals surface area contributed by atoms with E-state index in [2.05, 4.69) is 41.8 Å². The molecule has 0 aromatic heterocycles. The first-order chi connectivity index (χ1) is 24.1. The molecule has 10 nitrogen and oxygen atoms in total. The molecular weight excluding hydrogens is 676 g/mol. The van der Waals surface area contributed by atoms with E-state index in [0.717, 1.165) is 40.5 Å². The van der Waals surface area contributed by atoms with Crippen molar-refractivity contribution in [2.45, 2.75) is 131 Å². The van der Waals surface area contributed by atoms with Crippen molar-refractivity contribution in [3.63, 3.8) is 0 Å². The zero-order valence-electron chi connectivity index (χ0n) is 34.9. The van der Waals surface area contributed by atoms with Crippen molar-refractivity contribution in [3.05, 3.63) is 106 Å². The molecule has 0 aliphatic rings. The van der Waals surface area contributed by atoms with Gasteiger partial charge in [0.25, 0.3) is 0 Å². The number of alkyl carbamates (subject to hydrolysis) is 2. The summed E-state index contributed by atoms with van der Waals surface area (Å²) in [6.45, 7) is 17.8. The van der Waals surface area contributed by atoms with Crippen LogP contribution < -0.4 is 57.4 Å². The van der Waals surface area contributed by atoms with Crippen LogP contribution in [0.15, 0.2) is 72.8 Å². The minimum Gasteiger partial charge on any atom is -1.00 e. The van der Waals surface area contributed by atoms with E-state index in [-0.39, 0.29) is 45.5 Å². The molecule has 2 amide bonds. The number of nitrogens with one attached hydrogen (secondary N) is 2. The van der Waals surface area contributed by atoms with Crippen molar-refractivity contribution >= 4 is 26.9 Å². The first kappa shape index (κ1) is 54.2. The van der Waals surface area contributed by atoms with Gasteiger partial charge in [0.1, 0.15) is 17.5 Å². The largest absolute Gasteiger partial charge is 1.00 e. The number of hydrogen-bond acceptors (Lipinski definition) is 8. The zero-order valence-corrected chi connectivity index (χ0v) is 35.9. The Morgan fingerprint density at radius 2 is 0.887 bits per heavy atom. The molecule has 289 valence electrons. The molecule has 3 rings (SSSR count). The number of unbranched alkanes of at least 4 members (excludes halogenated alkanes) is 2. The number of ether oxygens (including phenoxy) is 2. The molecular formula is C41H66BN5NaO5. The van der Waals surface area contributed by atoms with E-state index in [1.54, 1.807) is 0 Å². The first-order valence-electron chi connectivity index (χ1n) is 17.8. The van der Waals surface area contributed by atoms with Crippen LogP contribution >= 0.6 is 0 Å². The number of nitrogens with two attached hydrogens (primary N) is 3. The molecule has 12 heteroatoms. The van der Waals surface area contributed by atoms with Crippen LogP contribution in [0.5, 0.6) is 0 Å². The third-order valence-electron chi connectivity index (χ3n) is 6.68. The van der Waals surface area contributed by atoms with Gasteiger partial charge < -0.3 is 43.5 Å². The van der Waals surface area contributed by atoms with E-state index in [9.17, 15) is 14.4 Å². The average molecular weight is 743 g/mol. The van der Waals surface area contributed by atoms with E-state index in [1.807, 2.05) is 97.0 Å². The molecule has 0 bridgehead atoms. The van der Waals surface area contributed by atoms with Crippen LogP contribution in [0.1, 0.15) is 116 Å². The Bertz CT molecular complexity index is 1350. The second-order valence-electron chi connectivity index (χ2n) is 13.8. The maximum atomic E-state index is 11.5. The van der Waals surface area contributed by atoms with Crippen LogP contribution in [0.25, 0.3) is 0 Å². The van der Waals surface area contributed by atoms with Crippen LogP contribution in [0.3, 0.4) is 0 Å². The Morgan fingerprint density at radius 3 is 1.13 bits per heavy atom. The summed E-state index contributed by atoms with van der Waals surface area (Å²) in [5.74, 6) is 0. The van der Waals surface area contributed by atoms with E-state index >= 15 is 0 Å². The van der Waals surface area contributed by atoms with Gasteiger partial charge in [-0.15, -0.1) is 0 Å². The minimum absolute atomic E-state index is 0. The fourth-order valence-corrected chi connectivity index (χ4v) is 3.98. The van der Waals surface area contributed by atoms with Gasteiger partial charge in [-0.3, -0.25) is 0 Å². The number of aryl methyl sites for hydroxylation is 1. The van der Waals surface area contributed by atoms with Gasteiger partial charge in [0.05, 0.1) is 0 Å². The van der Waals surface area contributed by atoms with Gasteiger partial charge in [-0.25, -0.2) is 9.59 Å². The maximum Gasteiger partial charge on any atom is 1.00 e. The predicted octanol–water partition coefficient (Wildman–Crippen LogP) is 4.55. The fraction of sp³-hybridized carbons (Fsp3) is 0.488. The molecule has 3 aromatic rings. The number of benzene rings is 3. The Balaban J connectivity index is -0.000000334.